The Labute approximate surface area is 133 Å². The van der Waals surface area contributed by atoms with Crippen molar-refractivity contribution in [3.8, 4) is 0 Å². The quantitative estimate of drug-likeness (QED) is 0.569. The van der Waals surface area contributed by atoms with Crippen molar-refractivity contribution in [2.75, 3.05) is 12.8 Å². The smallest absolute Gasteiger partial charge is 0.147 e. The molecule has 2 aromatic carbocycles. The van der Waals surface area contributed by atoms with E-state index in [9.17, 15) is 0 Å². The first-order chi connectivity index (χ1) is 8.81. The van der Waals surface area contributed by atoms with Gasteiger partial charge in [-0.15, -0.1) is 12.4 Å². The van der Waals surface area contributed by atoms with Gasteiger partial charge in [0.25, 0.3) is 0 Å². The van der Waals surface area contributed by atoms with E-state index in [-0.39, 0.29) is 20.3 Å². The van der Waals surface area contributed by atoms with E-state index in [1.807, 2.05) is 0 Å². The van der Waals surface area contributed by atoms with Gasteiger partial charge in [0.2, 0.25) is 0 Å². The van der Waals surface area contributed by atoms with Crippen LogP contribution >= 0.6 is 20.3 Å². The molecule has 0 radical (unpaired) electrons. The van der Waals surface area contributed by atoms with Crippen LogP contribution in [0.1, 0.15) is 6.92 Å². The van der Waals surface area contributed by atoms with Crippen LogP contribution in [0.15, 0.2) is 60.7 Å². The molecule has 1 nitrogen and oxygen atoms in total. The van der Waals surface area contributed by atoms with E-state index in [0.29, 0.717) is 0 Å². The topological polar surface area (TPSA) is 3.24 Å². The molecule has 2 rings (SSSR count). The van der Waals surface area contributed by atoms with E-state index < -0.39 is 0 Å². The number of nitrogens with zero attached hydrogens (tertiary/aromatic N) is 1. The summed E-state index contributed by atoms with van der Waals surface area (Å²) in [5.74, 6) is 0. The second kappa shape index (κ2) is 8.82. The molecular weight excluding hydrogens is 362 g/mol. The van der Waals surface area contributed by atoms with E-state index >= 15 is 0 Å². The summed E-state index contributed by atoms with van der Waals surface area (Å²) >= 11 is 2.73. The molecule has 0 saturated heterocycles. The van der Waals surface area contributed by atoms with Crippen molar-refractivity contribution in [3.05, 3.63) is 60.7 Å². The van der Waals surface area contributed by atoms with Crippen molar-refractivity contribution in [2.24, 2.45) is 0 Å². The Morgan fingerprint density at radius 1 is 0.895 bits per heavy atom. The molecule has 0 unspecified atom stereocenters. The van der Waals surface area contributed by atoms with Gasteiger partial charge in [-0.05, 0) is 0 Å². The summed E-state index contributed by atoms with van der Waals surface area (Å²) in [5.41, 5.74) is 0. The summed E-state index contributed by atoms with van der Waals surface area (Å²) < 4.78 is 2.32. The fraction of sp³-hybridized carbons (Fsp3) is 0.200. The molecule has 0 aliphatic heterocycles. The van der Waals surface area contributed by atoms with E-state index in [2.05, 4.69) is 89.8 Å². The summed E-state index contributed by atoms with van der Waals surface area (Å²) in [4.78, 5) is 0. The molecule has 0 atom stereocenters. The van der Waals surface area contributed by atoms with Gasteiger partial charge < -0.3 is 0 Å². The standard InChI is InChI=1S/C15H17NP.ClH.Ru/c1-2-16-13-17(14-9-5-3-6-10-14)15-11-7-4-8-12-15;;/h3-12H,2,13H2,1H3;1H;/q-1;;+1. The summed E-state index contributed by atoms with van der Waals surface area (Å²) in [7, 11) is -0.288. The molecule has 19 heavy (non-hydrogen) atoms. The number of rotatable bonds is 5. The molecule has 0 aliphatic carbocycles. The van der Waals surface area contributed by atoms with E-state index in [0.717, 1.165) is 12.8 Å². The van der Waals surface area contributed by atoms with Crippen LogP contribution in [-0.4, -0.2) is 16.5 Å². The van der Waals surface area contributed by atoms with Crippen molar-refractivity contribution in [2.45, 2.75) is 6.92 Å². The normalized spacial score (nSPS) is 10.5. The number of hydrogen-bond donors (Lipinski definition) is 0. The van der Waals surface area contributed by atoms with Gasteiger partial charge in [0, 0.05) is 0 Å². The molecule has 0 N–H and O–H groups in total. The summed E-state index contributed by atoms with van der Waals surface area (Å²) in [6.07, 6.45) is 1.09. The third-order valence-electron chi connectivity index (χ3n) is 2.76. The van der Waals surface area contributed by atoms with Crippen LogP contribution in [0.2, 0.25) is 0 Å². The molecule has 0 fully saturated rings. The SMILES string of the molecule is CC[N]([Ru])CP(c1ccccc1)c1ccccc1.Cl. The average molecular weight is 380 g/mol. The summed E-state index contributed by atoms with van der Waals surface area (Å²) in [6, 6.07) is 21.7. The Balaban J connectivity index is 0.00000180. The van der Waals surface area contributed by atoms with Crippen molar-refractivity contribution in [1.82, 2.24) is 3.64 Å². The van der Waals surface area contributed by atoms with Gasteiger partial charge in [-0.3, -0.25) is 0 Å². The second-order valence-corrected chi connectivity index (χ2v) is 7.27. The van der Waals surface area contributed by atoms with Gasteiger partial charge in [0.1, 0.15) is 0 Å². The minimum Gasteiger partial charge on any atom is -0.147 e. The number of halogens is 1. The first-order valence-corrected chi connectivity index (χ1v) is 8.39. The minimum absolute atomic E-state index is 0. The van der Waals surface area contributed by atoms with Crippen LogP contribution in [0.4, 0.5) is 0 Å². The molecule has 2 aromatic rings. The summed E-state index contributed by atoms with van der Waals surface area (Å²) in [5, 5.41) is 2.89. The zero-order valence-corrected chi connectivity index (χ0v) is 14.3. The van der Waals surface area contributed by atoms with E-state index in [1.165, 1.54) is 10.6 Å². The van der Waals surface area contributed by atoms with Gasteiger partial charge >= 0.3 is 121 Å². The predicted molar refractivity (Wildman–Crippen MR) is 83.6 cm³/mol. The van der Waals surface area contributed by atoms with Crippen LogP contribution in [0.5, 0.6) is 0 Å². The largest absolute Gasteiger partial charge is 0.147 e. The maximum Gasteiger partial charge on any atom is -0.147 e. The molecule has 0 amide bonds. The second-order valence-electron chi connectivity index (χ2n) is 4.00. The van der Waals surface area contributed by atoms with Crippen LogP contribution in [0.25, 0.3) is 0 Å². The first-order valence-electron chi connectivity index (χ1n) is 6.08. The van der Waals surface area contributed by atoms with Crippen LogP contribution in [0.3, 0.4) is 0 Å². The van der Waals surface area contributed by atoms with Crippen molar-refractivity contribution in [3.63, 3.8) is 0 Å². The number of benzene rings is 2. The Kier molecular flexibility index (Phi) is 7.80. The van der Waals surface area contributed by atoms with Crippen molar-refractivity contribution in [1.29, 1.82) is 0 Å². The van der Waals surface area contributed by atoms with Crippen LogP contribution < -0.4 is 10.6 Å². The van der Waals surface area contributed by atoms with E-state index in [4.69, 9.17) is 0 Å². The van der Waals surface area contributed by atoms with Gasteiger partial charge in [0.05, 0.1) is 0 Å². The maximum atomic E-state index is 2.73. The number of hydrogen-bond acceptors (Lipinski definition) is 1. The van der Waals surface area contributed by atoms with Gasteiger partial charge in [0.15, 0.2) is 0 Å². The molecule has 0 spiro atoms. The monoisotopic (exact) mass is 380 g/mol. The first kappa shape index (κ1) is 16.8. The zero-order valence-electron chi connectivity index (χ0n) is 10.8. The molecular formula is C15H18ClNPRu. The van der Waals surface area contributed by atoms with Gasteiger partial charge in [-0.1, -0.05) is 0 Å². The molecule has 4 heteroatoms. The molecule has 0 aromatic heterocycles. The third kappa shape index (κ3) is 4.97. The Hall–Kier alpha value is -0.257. The molecule has 0 aliphatic rings. The molecule has 0 saturated carbocycles. The Bertz CT molecular complexity index is 427. The fourth-order valence-corrected chi connectivity index (χ4v) is 4.70. The average Bonchev–Trinajstić information content (AvgIpc) is 2.46. The van der Waals surface area contributed by atoms with Crippen molar-refractivity contribution >= 4 is 30.9 Å². The fourth-order valence-electron chi connectivity index (χ4n) is 1.78. The van der Waals surface area contributed by atoms with Gasteiger partial charge in [-0.25, -0.2) is 0 Å². The van der Waals surface area contributed by atoms with E-state index in [1.54, 1.807) is 0 Å². The van der Waals surface area contributed by atoms with Crippen molar-refractivity contribution < 1.29 is 18.5 Å². The Morgan fingerprint density at radius 3 is 1.68 bits per heavy atom. The third-order valence-corrected chi connectivity index (χ3v) is 6.48. The predicted octanol–water partition coefficient (Wildman–Crippen LogP) is 3.28. The molecule has 0 heterocycles. The summed E-state index contributed by atoms with van der Waals surface area (Å²) in [6.45, 7) is 3.26. The molecule has 0 bridgehead atoms. The molecule has 103 valence electrons. The zero-order chi connectivity index (χ0) is 12.8. The van der Waals surface area contributed by atoms with Crippen LogP contribution in [0, 0.1) is 0 Å². The maximum absolute atomic E-state index is 2.73. The van der Waals surface area contributed by atoms with Crippen LogP contribution in [-0.2, 0) is 18.5 Å². The van der Waals surface area contributed by atoms with Gasteiger partial charge in [-0.2, -0.15) is 0 Å². The Morgan fingerprint density at radius 2 is 1.32 bits per heavy atom. The minimum atomic E-state index is -0.288.